The first-order chi connectivity index (χ1) is 10.0. The topological polar surface area (TPSA) is 30.0 Å². The normalized spacial score (nSPS) is 10.8. The van der Waals surface area contributed by atoms with Crippen LogP contribution in [0.5, 0.6) is 0 Å². The van der Waals surface area contributed by atoms with Gasteiger partial charge < -0.3 is 0 Å². The number of carbonyl (C=O) groups is 1. The van der Waals surface area contributed by atoms with Gasteiger partial charge in [-0.25, -0.2) is 0 Å². The second-order valence-electron chi connectivity index (χ2n) is 5.51. The highest BCUT2D eigenvalue weighted by Gasteiger charge is 2.12. The lowest BCUT2D eigenvalue weighted by Crippen LogP contribution is -2.04. The number of ketones is 1. The van der Waals surface area contributed by atoms with Crippen LogP contribution in [0.1, 0.15) is 32.7 Å². The lowest BCUT2D eigenvalue weighted by Gasteiger charge is -2.07. The zero-order valence-electron chi connectivity index (χ0n) is 12.5. The highest BCUT2D eigenvalue weighted by atomic mass is 16.1. The van der Waals surface area contributed by atoms with Gasteiger partial charge in [-0.1, -0.05) is 29.8 Å². The molecule has 3 aromatic rings. The van der Waals surface area contributed by atoms with Gasteiger partial charge in [-0.05, 0) is 50.6 Å². The predicted octanol–water partition coefficient (Wildman–Crippen LogP) is 4.39. The van der Waals surface area contributed by atoms with Crippen molar-refractivity contribution in [1.29, 1.82) is 0 Å². The van der Waals surface area contributed by atoms with Gasteiger partial charge in [0.05, 0.1) is 5.52 Å². The van der Waals surface area contributed by atoms with Gasteiger partial charge >= 0.3 is 0 Å². The van der Waals surface area contributed by atoms with Gasteiger partial charge in [0.1, 0.15) is 0 Å². The van der Waals surface area contributed by atoms with E-state index in [1.54, 1.807) is 0 Å². The third-order valence-corrected chi connectivity index (χ3v) is 3.72. The van der Waals surface area contributed by atoms with Crippen LogP contribution in [0.3, 0.4) is 0 Å². The van der Waals surface area contributed by atoms with Crippen LogP contribution in [-0.4, -0.2) is 10.8 Å². The number of aromatic nitrogens is 1. The fraction of sp³-hybridized carbons (Fsp3) is 0.158. The molecule has 2 heteroatoms. The Hall–Kier alpha value is -2.48. The Balaban J connectivity index is 2.07. The molecule has 0 saturated heterocycles. The van der Waals surface area contributed by atoms with Crippen molar-refractivity contribution in [2.45, 2.75) is 20.8 Å². The van der Waals surface area contributed by atoms with Crippen LogP contribution in [0.25, 0.3) is 10.9 Å². The van der Waals surface area contributed by atoms with Crippen LogP contribution in [-0.2, 0) is 0 Å². The minimum atomic E-state index is 0.0648. The molecule has 2 nitrogen and oxygen atoms in total. The third kappa shape index (κ3) is 2.57. The molecule has 0 aliphatic rings. The van der Waals surface area contributed by atoms with Crippen molar-refractivity contribution in [3.8, 4) is 0 Å². The van der Waals surface area contributed by atoms with E-state index in [9.17, 15) is 4.79 Å². The Kier molecular flexibility index (Phi) is 3.30. The molecule has 0 amide bonds. The molecule has 0 saturated carbocycles. The number of pyridine rings is 1. The summed E-state index contributed by atoms with van der Waals surface area (Å²) < 4.78 is 0. The van der Waals surface area contributed by atoms with E-state index in [4.69, 9.17) is 0 Å². The molecule has 1 aromatic heterocycles. The quantitative estimate of drug-likeness (QED) is 0.649. The van der Waals surface area contributed by atoms with E-state index in [1.807, 2.05) is 69.3 Å². The highest BCUT2D eigenvalue weighted by molar-refractivity contribution is 6.11. The van der Waals surface area contributed by atoms with E-state index in [0.29, 0.717) is 5.56 Å². The Labute approximate surface area is 124 Å². The summed E-state index contributed by atoms with van der Waals surface area (Å²) in [4.78, 5) is 17.1. The minimum Gasteiger partial charge on any atom is -0.289 e. The molecule has 3 rings (SSSR count). The molecule has 0 atom stereocenters. The number of benzene rings is 2. The monoisotopic (exact) mass is 275 g/mol. The summed E-state index contributed by atoms with van der Waals surface area (Å²) in [5.41, 5.74) is 5.56. The van der Waals surface area contributed by atoms with Crippen LogP contribution in [0.15, 0.2) is 48.5 Å². The second-order valence-corrected chi connectivity index (χ2v) is 5.51. The predicted molar refractivity (Wildman–Crippen MR) is 85.8 cm³/mol. The van der Waals surface area contributed by atoms with Gasteiger partial charge in [-0.3, -0.25) is 9.78 Å². The van der Waals surface area contributed by atoms with Gasteiger partial charge in [-0.15, -0.1) is 0 Å². The van der Waals surface area contributed by atoms with Gasteiger partial charge in [0.15, 0.2) is 5.78 Å². The molecule has 0 fully saturated rings. The summed E-state index contributed by atoms with van der Waals surface area (Å²) in [7, 11) is 0. The SMILES string of the molecule is Cc1ccc(C(=O)c2ccc3nc(C)ccc3c2)c(C)c1. The fourth-order valence-corrected chi connectivity index (χ4v) is 2.59. The van der Waals surface area contributed by atoms with Crippen LogP contribution in [0.4, 0.5) is 0 Å². The van der Waals surface area contributed by atoms with Gasteiger partial charge in [0.25, 0.3) is 0 Å². The number of carbonyl (C=O) groups excluding carboxylic acids is 1. The number of fused-ring (bicyclic) bond motifs is 1. The Morgan fingerprint density at radius 2 is 1.71 bits per heavy atom. The van der Waals surface area contributed by atoms with E-state index < -0.39 is 0 Å². The third-order valence-electron chi connectivity index (χ3n) is 3.72. The molecule has 21 heavy (non-hydrogen) atoms. The molecule has 0 aliphatic heterocycles. The number of hydrogen-bond acceptors (Lipinski definition) is 2. The Morgan fingerprint density at radius 3 is 2.48 bits per heavy atom. The molecule has 0 unspecified atom stereocenters. The van der Waals surface area contributed by atoms with Crippen LogP contribution in [0, 0.1) is 20.8 Å². The first-order valence-corrected chi connectivity index (χ1v) is 7.04. The van der Waals surface area contributed by atoms with E-state index in [2.05, 4.69) is 4.98 Å². The van der Waals surface area contributed by atoms with Crippen molar-refractivity contribution in [2.24, 2.45) is 0 Å². The Morgan fingerprint density at radius 1 is 0.905 bits per heavy atom. The lowest BCUT2D eigenvalue weighted by molar-refractivity contribution is 0.103. The van der Waals surface area contributed by atoms with Crippen LogP contribution in [0.2, 0.25) is 0 Å². The van der Waals surface area contributed by atoms with Gasteiger partial charge in [-0.2, -0.15) is 0 Å². The molecule has 1 heterocycles. The molecular weight excluding hydrogens is 258 g/mol. The van der Waals surface area contributed by atoms with Gasteiger partial charge in [0, 0.05) is 22.2 Å². The average molecular weight is 275 g/mol. The maximum absolute atomic E-state index is 12.7. The molecule has 0 radical (unpaired) electrons. The van der Waals surface area contributed by atoms with E-state index >= 15 is 0 Å². The first-order valence-electron chi connectivity index (χ1n) is 7.04. The largest absolute Gasteiger partial charge is 0.289 e. The standard InChI is InChI=1S/C19H17NO/c1-12-4-8-17(13(2)10-12)19(21)16-7-9-18-15(11-16)6-5-14(3)20-18/h4-11H,1-3H3. The molecule has 104 valence electrons. The minimum absolute atomic E-state index is 0.0648. The fourth-order valence-electron chi connectivity index (χ4n) is 2.59. The van der Waals surface area contributed by atoms with E-state index in [-0.39, 0.29) is 5.78 Å². The average Bonchev–Trinajstić information content (AvgIpc) is 2.46. The van der Waals surface area contributed by atoms with Crippen LogP contribution < -0.4 is 0 Å². The maximum atomic E-state index is 12.7. The summed E-state index contributed by atoms with van der Waals surface area (Å²) in [5.74, 6) is 0.0648. The first kappa shape index (κ1) is 13.5. The molecule has 0 spiro atoms. The smallest absolute Gasteiger partial charge is 0.193 e. The molecule has 2 aromatic carbocycles. The van der Waals surface area contributed by atoms with Gasteiger partial charge in [0.2, 0.25) is 0 Å². The van der Waals surface area contributed by atoms with Crippen molar-refractivity contribution < 1.29 is 4.79 Å². The highest BCUT2D eigenvalue weighted by Crippen LogP contribution is 2.19. The molecule has 0 bridgehead atoms. The van der Waals surface area contributed by atoms with E-state index in [0.717, 1.165) is 27.7 Å². The van der Waals surface area contributed by atoms with Crippen molar-refractivity contribution >= 4 is 16.7 Å². The molecular formula is C19H17NO. The number of nitrogens with zero attached hydrogens (tertiary/aromatic N) is 1. The number of aryl methyl sites for hydroxylation is 3. The lowest BCUT2D eigenvalue weighted by atomic mass is 9.97. The zero-order chi connectivity index (χ0) is 15.0. The molecule has 0 aliphatic carbocycles. The summed E-state index contributed by atoms with van der Waals surface area (Å²) >= 11 is 0. The van der Waals surface area contributed by atoms with Crippen LogP contribution >= 0.6 is 0 Å². The summed E-state index contributed by atoms with van der Waals surface area (Å²) in [5, 5.41) is 0.996. The van der Waals surface area contributed by atoms with Crippen molar-refractivity contribution in [3.05, 3.63) is 76.5 Å². The second kappa shape index (κ2) is 5.13. The van der Waals surface area contributed by atoms with Crippen molar-refractivity contribution in [3.63, 3.8) is 0 Å². The molecule has 0 N–H and O–H groups in total. The summed E-state index contributed by atoms with van der Waals surface area (Å²) in [6.07, 6.45) is 0. The number of hydrogen-bond donors (Lipinski definition) is 0. The Bertz CT molecular complexity index is 849. The summed E-state index contributed by atoms with van der Waals surface area (Å²) in [6.45, 7) is 5.98. The van der Waals surface area contributed by atoms with Crippen molar-refractivity contribution in [1.82, 2.24) is 4.98 Å². The number of rotatable bonds is 2. The van der Waals surface area contributed by atoms with Crippen molar-refractivity contribution in [2.75, 3.05) is 0 Å². The maximum Gasteiger partial charge on any atom is 0.193 e. The zero-order valence-corrected chi connectivity index (χ0v) is 12.5. The van der Waals surface area contributed by atoms with E-state index in [1.165, 1.54) is 5.56 Å². The summed E-state index contributed by atoms with van der Waals surface area (Å²) in [6, 6.07) is 15.6.